The second-order valence-corrected chi connectivity index (χ2v) is 10.9. The lowest BCUT2D eigenvalue weighted by Crippen LogP contribution is -2.43. The number of amides is 1. The minimum absolute atomic E-state index is 0.191. The molecule has 3 aromatic rings. The molecular weight excluding hydrogens is 580 g/mol. The summed E-state index contributed by atoms with van der Waals surface area (Å²) in [5.74, 6) is 2.13. The third-order valence-corrected chi connectivity index (χ3v) is 8.68. The van der Waals surface area contributed by atoms with E-state index in [-0.39, 0.29) is 5.91 Å². The molecule has 0 bridgehead atoms. The highest BCUT2D eigenvalue weighted by Gasteiger charge is 2.26. The Morgan fingerprint density at radius 1 is 1.26 bits per heavy atom. The van der Waals surface area contributed by atoms with E-state index < -0.39 is 6.10 Å². The first-order valence-electron chi connectivity index (χ1n) is 11.6. The molecule has 0 spiro atoms. The Hall–Kier alpha value is -2.32. The molecule has 2 aromatic heterocycles. The largest absolute Gasteiger partial charge is 0.486 e. The van der Waals surface area contributed by atoms with Gasteiger partial charge in [0, 0.05) is 28.1 Å². The maximum absolute atomic E-state index is 12.1. The number of carbonyl (C=O) groups excluding carboxylic acids is 1. The van der Waals surface area contributed by atoms with Gasteiger partial charge in [-0.25, -0.2) is 15.0 Å². The molecule has 5 rings (SSSR count). The number of hydrogen-bond donors (Lipinski definition) is 2. The number of fused-ring (bicyclic) bond motifs is 2. The van der Waals surface area contributed by atoms with E-state index in [9.17, 15) is 9.90 Å². The minimum Gasteiger partial charge on any atom is -0.486 e. The van der Waals surface area contributed by atoms with Gasteiger partial charge in [0.05, 0.1) is 0 Å². The minimum atomic E-state index is -0.947. The van der Waals surface area contributed by atoms with Crippen LogP contribution in [0.15, 0.2) is 28.5 Å². The summed E-state index contributed by atoms with van der Waals surface area (Å²) in [5, 5.41) is 10.4. The second-order valence-electron chi connectivity index (χ2n) is 8.74. The van der Waals surface area contributed by atoms with Crippen molar-refractivity contribution in [3.8, 4) is 11.5 Å². The number of rotatable bonds is 6. The number of likely N-dealkylation sites (tertiary alicyclic amines) is 1. The molecule has 0 aliphatic carbocycles. The van der Waals surface area contributed by atoms with Crippen LogP contribution in [0.4, 0.5) is 5.82 Å². The van der Waals surface area contributed by atoms with E-state index in [0.29, 0.717) is 49.2 Å². The van der Waals surface area contributed by atoms with Gasteiger partial charge in [0.15, 0.2) is 33.6 Å². The van der Waals surface area contributed by atoms with Gasteiger partial charge in [0.2, 0.25) is 0 Å². The van der Waals surface area contributed by atoms with Gasteiger partial charge in [0.1, 0.15) is 25.6 Å². The summed E-state index contributed by atoms with van der Waals surface area (Å²) in [4.78, 5) is 28.3. The van der Waals surface area contributed by atoms with E-state index in [1.807, 2.05) is 12.1 Å². The number of ether oxygens (including phenoxy) is 2. The number of carbonyl (C=O) groups is 1. The van der Waals surface area contributed by atoms with Gasteiger partial charge >= 0.3 is 0 Å². The van der Waals surface area contributed by atoms with E-state index >= 15 is 0 Å². The number of anilines is 1. The Bertz CT molecular complexity index is 1240. The van der Waals surface area contributed by atoms with Crippen molar-refractivity contribution < 1.29 is 19.4 Å². The lowest BCUT2D eigenvalue weighted by atomic mass is 9.93. The number of aliphatic hydroxyl groups is 1. The van der Waals surface area contributed by atoms with Crippen LogP contribution in [-0.2, 0) is 11.3 Å². The molecule has 186 valence electrons. The summed E-state index contributed by atoms with van der Waals surface area (Å²) < 4.78 is 14.6. The van der Waals surface area contributed by atoms with E-state index in [1.54, 1.807) is 16.7 Å². The highest BCUT2D eigenvalue weighted by molar-refractivity contribution is 14.1. The van der Waals surface area contributed by atoms with Crippen molar-refractivity contribution in [2.24, 2.45) is 5.92 Å². The van der Waals surface area contributed by atoms with Crippen molar-refractivity contribution in [2.45, 2.75) is 48.9 Å². The van der Waals surface area contributed by atoms with Crippen LogP contribution in [0.2, 0.25) is 0 Å². The van der Waals surface area contributed by atoms with Crippen molar-refractivity contribution in [1.29, 1.82) is 0 Å². The van der Waals surface area contributed by atoms with Gasteiger partial charge in [-0.05, 0) is 66.8 Å². The third kappa shape index (κ3) is 5.14. The first-order chi connectivity index (χ1) is 16.9. The molecule has 1 amide bonds. The van der Waals surface area contributed by atoms with E-state index in [0.717, 1.165) is 50.9 Å². The molecule has 1 atom stereocenters. The summed E-state index contributed by atoms with van der Waals surface area (Å²) in [6.07, 6.45) is 3.27. The SMILES string of the molecule is C[C@H](O)C(=O)N1CCC(CCn2c(Sc3cc4c(cc3[124I])OCCO4)nc3c(N)ncnc32)CC1. The number of aliphatic hydroxyl groups excluding tert-OH is 1. The van der Waals surface area contributed by atoms with E-state index in [2.05, 4.69) is 37.1 Å². The van der Waals surface area contributed by atoms with Crippen LogP contribution < -0.4 is 15.2 Å². The zero-order valence-electron chi connectivity index (χ0n) is 19.3. The smallest absolute Gasteiger partial charge is 0.251 e. The van der Waals surface area contributed by atoms with Crippen molar-refractivity contribution in [3.63, 3.8) is 0 Å². The van der Waals surface area contributed by atoms with Crippen LogP contribution in [-0.4, -0.2) is 67.8 Å². The van der Waals surface area contributed by atoms with Crippen LogP contribution in [0.5, 0.6) is 11.5 Å². The van der Waals surface area contributed by atoms with Crippen LogP contribution in [0.3, 0.4) is 0 Å². The number of imidazole rings is 1. The van der Waals surface area contributed by atoms with Crippen LogP contribution in [0.25, 0.3) is 11.2 Å². The number of benzene rings is 1. The fourth-order valence-corrected chi connectivity index (χ4v) is 6.17. The monoisotopic (exact) mass is 607 g/mol. The molecule has 35 heavy (non-hydrogen) atoms. The van der Waals surface area contributed by atoms with Crippen molar-refractivity contribution >= 4 is 57.2 Å². The topological polar surface area (TPSA) is 129 Å². The quantitative estimate of drug-likeness (QED) is 0.407. The average Bonchev–Trinajstić information content (AvgIpc) is 3.21. The van der Waals surface area contributed by atoms with Crippen LogP contribution in [0.1, 0.15) is 26.2 Å². The zero-order valence-corrected chi connectivity index (χ0v) is 22.3. The van der Waals surface area contributed by atoms with Gasteiger partial charge in [-0.3, -0.25) is 4.79 Å². The molecular formula is C23H27IN6O4S. The van der Waals surface area contributed by atoms with E-state index in [1.165, 1.54) is 13.3 Å². The summed E-state index contributed by atoms with van der Waals surface area (Å²) in [6.45, 7) is 4.68. The van der Waals surface area contributed by atoms with Gasteiger partial charge in [-0.15, -0.1) is 0 Å². The molecule has 0 radical (unpaired) electrons. The summed E-state index contributed by atoms with van der Waals surface area (Å²) >= 11 is 3.85. The van der Waals surface area contributed by atoms with E-state index in [4.69, 9.17) is 20.2 Å². The Labute approximate surface area is 220 Å². The Morgan fingerprint density at radius 3 is 2.69 bits per heavy atom. The molecule has 4 heterocycles. The number of hydrogen-bond acceptors (Lipinski definition) is 9. The van der Waals surface area contributed by atoms with Gasteiger partial charge in [-0.2, -0.15) is 0 Å². The first kappa shape index (κ1) is 24.4. The summed E-state index contributed by atoms with van der Waals surface area (Å²) in [5.41, 5.74) is 7.44. The molecule has 2 aliphatic rings. The summed E-state index contributed by atoms with van der Waals surface area (Å²) in [7, 11) is 0. The van der Waals surface area contributed by atoms with Crippen LogP contribution in [0, 0.1) is 9.49 Å². The second kappa shape index (κ2) is 10.3. The highest BCUT2D eigenvalue weighted by atomic mass is 124. The fraction of sp³-hybridized carbons (Fsp3) is 0.478. The number of nitrogen functional groups attached to an aromatic ring is 1. The molecule has 1 aromatic carbocycles. The Kier molecular flexibility index (Phi) is 7.21. The van der Waals surface area contributed by atoms with Crippen LogP contribution >= 0.6 is 34.4 Å². The molecule has 1 fully saturated rings. The maximum atomic E-state index is 12.1. The fourth-order valence-electron chi connectivity index (χ4n) is 4.45. The summed E-state index contributed by atoms with van der Waals surface area (Å²) in [6, 6.07) is 3.98. The number of nitrogens with two attached hydrogens (primary N) is 1. The zero-order chi connectivity index (χ0) is 24.5. The number of nitrogens with zero attached hydrogens (tertiary/aromatic N) is 5. The Morgan fingerprint density at radius 2 is 1.97 bits per heavy atom. The molecule has 2 aliphatic heterocycles. The number of aryl methyl sites for hydroxylation is 1. The lowest BCUT2D eigenvalue weighted by Gasteiger charge is -2.32. The molecule has 12 heteroatoms. The third-order valence-electron chi connectivity index (χ3n) is 6.37. The average molecular weight is 607 g/mol. The molecule has 0 unspecified atom stereocenters. The van der Waals surface area contributed by atoms with Gasteiger partial charge in [0.25, 0.3) is 5.91 Å². The molecule has 3 N–H and O–H groups in total. The predicted octanol–water partition coefficient (Wildman–Crippen LogP) is 2.95. The first-order valence-corrected chi connectivity index (χ1v) is 13.5. The van der Waals surface area contributed by atoms with Crippen molar-refractivity contribution in [3.05, 3.63) is 22.0 Å². The lowest BCUT2D eigenvalue weighted by molar-refractivity contribution is -0.140. The normalized spacial score (nSPS) is 17.1. The van der Waals surface area contributed by atoms with Crippen molar-refractivity contribution in [2.75, 3.05) is 32.0 Å². The molecule has 1 saturated heterocycles. The Balaban J connectivity index is 1.36. The molecule has 10 nitrogen and oxygen atoms in total. The number of halogens is 1. The number of piperidine rings is 1. The van der Waals surface area contributed by atoms with Crippen molar-refractivity contribution in [1.82, 2.24) is 24.4 Å². The highest BCUT2D eigenvalue weighted by Crippen LogP contribution is 2.41. The maximum Gasteiger partial charge on any atom is 0.251 e. The predicted molar refractivity (Wildman–Crippen MR) is 140 cm³/mol. The van der Waals surface area contributed by atoms with Gasteiger partial charge in [-0.1, -0.05) is 11.8 Å². The standard InChI is InChI=1S/C23H27IN6O4S/c1-13(31)22(32)29-5-2-14(3-6-29)4-7-30-21-19(20(25)26-12-27-21)28-23(30)35-18-11-17-16(10-15(18)24)33-8-9-34-17/h10-14,31H,2-9H2,1H3,(H2,25,26,27)/t13-/m0/s1/i24-3. The molecule has 0 saturated carbocycles. The van der Waals surface area contributed by atoms with Gasteiger partial charge < -0.3 is 29.8 Å². The number of aromatic nitrogens is 4.